The van der Waals surface area contributed by atoms with E-state index in [9.17, 15) is 4.79 Å². The Morgan fingerprint density at radius 3 is 2.37 bits per heavy atom. The molecule has 0 bridgehead atoms. The topological polar surface area (TPSA) is 36.4 Å². The molecule has 2 aliphatic rings. The third kappa shape index (κ3) is 4.22. The molecule has 1 aromatic heterocycles. The molecule has 2 aliphatic heterocycles. The van der Waals surface area contributed by atoms with Crippen LogP contribution in [-0.2, 0) is 0 Å². The third-order valence-electron chi connectivity index (χ3n) is 5.93. The van der Waals surface area contributed by atoms with Crippen molar-refractivity contribution >= 4 is 5.91 Å². The van der Waals surface area contributed by atoms with E-state index < -0.39 is 0 Å². The van der Waals surface area contributed by atoms with Gasteiger partial charge >= 0.3 is 0 Å². The highest BCUT2D eigenvalue weighted by Gasteiger charge is 2.29. The lowest BCUT2D eigenvalue weighted by Gasteiger charge is -2.38. The van der Waals surface area contributed by atoms with E-state index in [1.807, 2.05) is 43.5 Å². The number of benzene rings is 1. The number of aryl methyl sites for hydroxylation is 1. The summed E-state index contributed by atoms with van der Waals surface area (Å²) >= 11 is 0. The molecule has 1 atom stereocenters. The highest BCUT2D eigenvalue weighted by molar-refractivity contribution is 5.95. The van der Waals surface area contributed by atoms with Crippen LogP contribution in [0.25, 0.3) is 11.1 Å². The van der Waals surface area contributed by atoms with Crippen LogP contribution in [0, 0.1) is 6.92 Å². The molecule has 1 aromatic carbocycles. The minimum atomic E-state index is 0.187. The lowest BCUT2D eigenvalue weighted by atomic mass is 9.99. The maximum Gasteiger partial charge on any atom is 0.254 e. The second-order valence-electron chi connectivity index (χ2n) is 7.92. The third-order valence-corrected chi connectivity index (χ3v) is 5.93. The summed E-state index contributed by atoms with van der Waals surface area (Å²) in [6, 6.07) is 12.5. The van der Waals surface area contributed by atoms with Gasteiger partial charge in [-0.25, -0.2) is 0 Å². The van der Waals surface area contributed by atoms with Crippen molar-refractivity contribution in [1.29, 1.82) is 0 Å². The average Bonchev–Trinajstić information content (AvgIpc) is 3.22. The molecule has 2 aromatic rings. The van der Waals surface area contributed by atoms with Crippen LogP contribution in [0.5, 0.6) is 0 Å². The Morgan fingerprint density at radius 1 is 0.963 bits per heavy atom. The number of likely N-dealkylation sites (tertiary alicyclic amines) is 2. The molecule has 0 radical (unpaired) electrons. The van der Waals surface area contributed by atoms with Gasteiger partial charge in [-0.05, 0) is 75.9 Å². The van der Waals surface area contributed by atoms with Crippen molar-refractivity contribution in [2.75, 3.05) is 26.2 Å². The number of hydrogen-bond donors (Lipinski definition) is 0. The zero-order valence-electron chi connectivity index (χ0n) is 16.2. The first-order chi connectivity index (χ1) is 13.2. The van der Waals surface area contributed by atoms with Crippen LogP contribution in [0.15, 0.2) is 42.6 Å². The fraction of sp³-hybridized carbons (Fsp3) is 0.478. The fourth-order valence-corrected chi connectivity index (χ4v) is 4.33. The number of carbonyl (C=O) groups is 1. The molecule has 0 spiro atoms. The Kier molecular flexibility index (Phi) is 5.53. The molecular formula is C23H29N3O. The van der Waals surface area contributed by atoms with E-state index in [4.69, 9.17) is 0 Å². The Bertz CT molecular complexity index is 763. The summed E-state index contributed by atoms with van der Waals surface area (Å²) in [4.78, 5) is 22.2. The zero-order chi connectivity index (χ0) is 18.6. The maximum atomic E-state index is 13.2. The van der Waals surface area contributed by atoms with Crippen molar-refractivity contribution in [3.8, 4) is 11.1 Å². The lowest BCUT2D eigenvalue weighted by Crippen LogP contribution is -2.49. The summed E-state index contributed by atoms with van der Waals surface area (Å²) in [6.45, 7) is 6.30. The van der Waals surface area contributed by atoms with Gasteiger partial charge in [-0.3, -0.25) is 9.78 Å². The summed E-state index contributed by atoms with van der Waals surface area (Å²) in [6.07, 6.45) is 7.99. The van der Waals surface area contributed by atoms with Crippen molar-refractivity contribution in [2.24, 2.45) is 0 Å². The normalized spacial score (nSPS) is 20.8. The Labute approximate surface area is 162 Å². The molecule has 27 heavy (non-hydrogen) atoms. The van der Waals surface area contributed by atoms with Crippen molar-refractivity contribution < 1.29 is 4.79 Å². The van der Waals surface area contributed by atoms with Crippen LogP contribution in [0.2, 0.25) is 0 Å². The van der Waals surface area contributed by atoms with Crippen LogP contribution in [0.4, 0.5) is 0 Å². The van der Waals surface area contributed by atoms with Gasteiger partial charge in [-0.15, -0.1) is 0 Å². The number of carbonyl (C=O) groups excluding carboxylic acids is 1. The molecule has 142 valence electrons. The Hall–Kier alpha value is -2.20. The number of pyridine rings is 1. The SMILES string of the molecule is Cc1ccc(-c2ccc(C(=O)N3CCCC[C@@H]3CN3CCCC3)cc2)cn1. The van der Waals surface area contributed by atoms with E-state index >= 15 is 0 Å². The van der Waals surface area contributed by atoms with Crippen LogP contribution >= 0.6 is 0 Å². The van der Waals surface area contributed by atoms with E-state index in [2.05, 4.69) is 20.9 Å². The molecule has 4 heteroatoms. The van der Waals surface area contributed by atoms with E-state index in [-0.39, 0.29) is 5.91 Å². The second-order valence-corrected chi connectivity index (χ2v) is 7.92. The van der Waals surface area contributed by atoms with Crippen LogP contribution in [0.3, 0.4) is 0 Å². The van der Waals surface area contributed by atoms with Gasteiger partial charge in [-0.2, -0.15) is 0 Å². The largest absolute Gasteiger partial charge is 0.334 e. The highest BCUT2D eigenvalue weighted by atomic mass is 16.2. The number of rotatable bonds is 4. The van der Waals surface area contributed by atoms with Gasteiger partial charge in [0, 0.05) is 42.1 Å². The molecule has 4 nitrogen and oxygen atoms in total. The molecule has 0 unspecified atom stereocenters. The smallest absolute Gasteiger partial charge is 0.254 e. The predicted octanol–water partition coefficient (Wildman–Crippen LogP) is 4.15. The number of aromatic nitrogens is 1. The highest BCUT2D eigenvalue weighted by Crippen LogP contribution is 2.24. The molecule has 0 aliphatic carbocycles. The first-order valence-electron chi connectivity index (χ1n) is 10.3. The Morgan fingerprint density at radius 2 is 1.67 bits per heavy atom. The molecule has 0 saturated carbocycles. The number of nitrogens with zero attached hydrogens (tertiary/aromatic N) is 3. The molecule has 4 rings (SSSR count). The molecule has 2 saturated heterocycles. The van der Waals surface area contributed by atoms with Gasteiger partial charge in [0.15, 0.2) is 0 Å². The standard InChI is InChI=1S/C23H29N3O/c1-18-7-8-21(16-24-18)19-9-11-20(12-10-19)23(27)26-15-3-2-6-22(26)17-25-13-4-5-14-25/h7-12,16,22H,2-6,13-15,17H2,1H3/t22-/m1/s1. The van der Waals surface area contributed by atoms with Crippen molar-refractivity contribution in [1.82, 2.24) is 14.8 Å². The van der Waals surface area contributed by atoms with E-state index in [0.717, 1.165) is 48.3 Å². The van der Waals surface area contributed by atoms with Gasteiger partial charge in [0.2, 0.25) is 0 Å². The molecule has 2 fully saturated rings. The van der Waals surface area contributed by atoms with Crippen LogP contribution in [-0.4, -0.2) is 52.9 Å². The average molecular weight is 364 g/mol. The van der Waals surface area contributed by atoms with Crippen LogP contribution in [0.1, 0.15) is 48.2 Å². The van der Waals surface area contributed by atoms with E-state index in [1.54, 1.807) is 0 Å². The van der Waals surface area contributed by atoms with Crippen LogP contribution < -0.4 is 0 Å². The van der Waals surface area contributed by atoms with E-state index in [1.165, 1.54) is 32.4 Å². The minimum Gasteiger partial charge on any atom is -0.334 e. The molecule has 3 heterocycles. The fourth-order valence-electron chi connectivity index (χ4n) is 4.33. The predicted molar refractivity (Wildman–Crippen MR) is 109 cm³/mol. The monoisotopic (exact) mass is 363 g/mol. The van der Waals surface area contributed by atoms with Gasteiger partial charge in [0.25, 0.3) is 5.91 Å². The first-order valence-corrected chi connectivity index (χ1v) is 10.3. The van der Waals surface area contributed by atoms with Crippen molar-refractivity contribution in [2.45, 2.75) is 45.1 Å². The van der Waals surface area contributed by atoms with Gasteiger partial charge in [0.05, 0.1) is 0 Å². The summed E-state index contributed by atoms with van der Waals surface area (Å²) in [5, 5.41) is 0. The molecular weight excluding hydrogens is 334 g/mol. The van der Waals surface area contributed by atoms with Crippen molar-refractivity contribution in [3.63, 3.8) is 0 Å². The van der Waals surface area contributed by atoms with Gasteiger partial charge < -0.3 is 9.80 Å². The minimum absolute atomic E-state index is 0.187. The number of amides is 1. The quantitative estimate of drug-likeness (QED) is 0.819. The summed E-state index contributed by atoms with van der Waals surface area (Å²) < 4.78 is 0. The Balaban J connectivity index is 1.47. The first kappa shape index (κ1) is 18.2. The van der Waals surface area contributed by atoms with E-state index in [0.29, 0.717) is 6.04 Å². The summed E-state index contributed by atoms with van der Waals surface area (Å²) in [5.74, 6) is 0.187. The maximum absolute atomic E-state index is 13.2. The number of piperidine rings is 1. The van der Waals surface area contributed by atoms with Gasteiger partial charge in [-0.1, -0.05) is 18.2 Å². The van der Waals surface area contributed by atoms with Crippen molar-refractivity contribution in [3.05, 3.63) is 53.9 Å². The second kappa shape index (κ2) is 8.22. The lowest BCUT2D eigenvalue weighted by molar-refractivity contribution is 0.0560. The zero-order valence-corrected chi connectivity index (χ0v) is 16.2. The number of hydrogen-bond acceptors (Lipinski definition) is 3. The summed E-state index contributed by atoms with van der Waals surface area (Å²) in [7, 11) is 0. The molecule has 1 amide bonds. The summed E-state index contributed by atoms with van der Waals surface area (Å²) in [5.41, 5.74) is 4.00. The molecule has 0 N–H and O–H groups in total. The van der Waals surface area contributed by atoms with Gasteiger partial charge in [0.1, 0.15) is 0 Å².